The monoisotopic (exact) mass is 326 g/mol. The predicted molar refractivity (Wildman–Crippen MR) is 82.2 cm³/mol. The van der Waals surface area contributed by atoms with Gasteiger partial charge in [-0.1, -0.05) is 17.7 Å². The van der Waals surface area contributed by atoms with Crippen LogP contribution in [0.25, 0.3) is 0 Å². The second-order valence-corrected chi connectivity index (χ2v) is 6.11. The number of carbonyl (C=O) groups excluding carboxylic acids is 1. The Morgan fingerprint density at radius 2 is 2.05 bits per heavy atom. The fourth-order valence-electron chi connectivity index (χ4n) is 1.63. The highest BCUT2D eigenvalue weighted by molar-refractivity contribution is 7.85. The molecule has 0 fully saturated rings. The smallest absolute Gasteiger partial charge is 0.237 e. The van der Waals surface area contributed by atoms with Crippen molar-refractivity contribution in [2.45, 2.75) is 4.90 Å². The molecular weight excluding hydrogens is 315 g/mol. The van der Waals surface area contributed by atoms with Gasteiger partial charge in [0.25, 0.3) is 0 Å². The Bertz CT molecular complexity index is 709. The van der Waals surface area contributed by atoms with Gasteiger partial charge in [-0.25, -0.2) is 4.39 Å². The van der Waals surface area contributed by atoms with E-state index < -0.39 is 22.5 Å². The third-order valence-electron chi connectivity index (χ3n) is 2.61. The van der Waals surface area contributed by atoms with Crippen molar-refractivity contribution in [1.82, 2.24) is 0 Å². The summed E-state index contributed by atoms with van der Waals surface area (Å²) < 4.78 is 25.1. The van der Waals surface area contributed by atoms with Gasteiger partial charge in [0.2, 0.25) is 5.91 Å². The molecule has 1 unspecified atom stereocenters. The van der Waals surface area contributed by atoms with Crippen LogP contribution < -0.4 is 11.1 Å². The Balaban J connectivity index is 2.05. The lowest BCUT2D eigenvalue weighted by molar-refractivity contribution is -0.113. The molecular formula is C14H12ClFN2O2S. The van der Waals surface area contributed by atoms with E-state index >= 15 is 0 Å². The molecule has 0 radical (unpaired) electrons. The maximum atomic E-state index is 13.1. The van der Waals surface area contributed by atoms with E-state index in [1.165, 1.54) is 18.2 Å². The number of nitrogen functional groups attached to an aromatic ring is 1. The van der Waals surface area contributed by atoms with Crippen molar-refractivity contribution >= 4 is 39.7 Å². The van der Waals surface area contributed by atoms with Crippen LogP contribution in [0.15, 0.2) is 47.4 Å². The average Bonchev–Trinajstić information content (AvgIpc) is 2.42. The molecule has 0 saturated heterocycles. The zero-order chi connectivity index (χ0) is 15.4. The quantitative estimate of drug-likeness (QED) is 0.849. The van der Waals surface area contributed by atoms with E-state index in [1.807, 2.05) is 0 Å². The van der Waals surface area contributed by atoms with Gasteiger partial charge in [-0.15, -0.1) is 0 Å². The Morgan fingerprint density at radius 3 is 2.76 bits per heavy atom. The Labute approximate surface area is 128 Å². The van der Waals surface area contributed by atoms with Crippen molar-refractivity contribution in [3.63, 3.8) is 0 Å². The number of rotatable bonds is 4. The van der Waals surface area contributed by atoms with Gasteiger partial charge in [0.05, 0.1) is 22.2 Å². The summed E-state index contributed by atoms with van der Waals surface area (Å²) in [6.45, 7) is 0. The second-order valence-electron chi connectivity index (χ2n) is 4.23. The van der Waals surface area contributed by atoms with Crippen molar-refractivity contribution in [2.75, 3.05) is 16.8 Å². The van der Waals surface area contributed by atoms with Crippen molar-refractivity contribution in [2.24, 2.45) is 0 Å². The van der Waals surface area contributed by atoms with Gasteiger partial charge in [0.1, 0.15) is 11.6 Å². The maximum Gasteiger partial charge on any atom is 0.237 e. The van der Waals surface area contributed by atoms with Crippen molar-refractivity contribution in [1.29, 1.82) is 0 Å². The third-order valence-corrected chi connectivity index (χ3v) is 4.15. The number of amides is 1. The molecule has 1 amide bonds. The van der Waals surface area contributed by atoms with E-state index in [2.05, 4.69) is 5.32 Å². The summed E-state index contributed by atoms with van der Waals surface area (Å²) in [6.07, 6.45) is 0. The van der Waals surface area contributed by atoms with E-state index in [4.69, 9.17) is 17.3 Å². The van der Waals surface area contributed by atoms with Gasteiger partial charge in [0.15, 0.2) is 0 Å². The summed E-state index contributed by atoms with van der Waals surface area (Å²) in [5.41, 5.74) is 6.01. The molecule has 0 bridgehead atoms. The van der Waals surface area contributed by atoms with Crippen molar-refractivity contribution < 1.29 is 13.4 Å². The minimum absolute atomic E-state index is 0.156. The third kappa shape index (κ3) is 4.27. The van der Waals surface area contributed by atoms with Crippen molar-refractivity contribution in [3.8, 4) is 0 Å². The van der Waals surface area contributed by atoms with E-state index in [0.29, 0.717) is 9.92 Å². The lowest BCUT2D eigenvalue weighted by atomic mass is 10.2. The number of carbonyl (C=O) groups is 1. The molecule has 0 aromatic heterocycles. The number of halogens is 2. The average molecular weight is 327 g/mol. The van der Waals surface area contributed by atoms with Gasteiger partial charge < -0.3 is 11.1 Å². The lowest BCUT2D eigenvalue weighted by Crippen LogP contribution is -2.20. The Hall–Kier alpha value is -1.92. The molecule has 3 N–H and O–H groups in total. The highest BCUT2D eigenvalue weighted by atomic mass is 35.5. The van der Waals surface area contributed by atoms with Gasteiger partial charge >= 0.3 is 0 Å². The number of anilines is 2. The molecule has 0 spiro atoms. The highest BCUT2D eigenvalue weighted by Crippen LogP contribution is 2.19. The molecule has 21 heavy (non-hydrogen) atoms. The van der Waals surface area contributed by atoms with Gasteiger partial charge in [-0.05, 0) is 36.4 Å². The maximum absolute atomic E-state index is 13.1. The number of nitrogens with two attached hydrogens (primary N) is 1. The Kier molecular flexibility index (Phi) is 4.93. The first-order valence-electron chi connectivity index (χ1n) is 5.94. The van der Waals surface area contributed by atoms with Crippen molar-refractivity contribution in [3.05, 3.63) is 53.3 Å². The zero-order valence-electron chi connectivity index (χ0n) is 10.8. The fraction of sp³-hybridized carbons (Fsp3) is 0.0714. The SMILES string of the molecule is Nc1ccc(F)cc1NC(=O)CS(=O)c1cccc(Cl)c1. The first-order chi connectivity index (χ1) is 9.95. The van der Waals surface area contributed by atoms with E-state index in [9.17, 15) is 13.4 Å². The van der Waals surface area contributed by atoms with Crippen LogP contribution in [0, 0.1) is 5.82 Å². The molecule has 4 nitrogen and oxygen atoms in total. The minimum atomic E-state index is -1.54. The van der Waals surface area contributed by atoms with Crippen LogP contribution in [0.5, 0.6) is 0 Å². The molecule has 2 aromatic carbocycles. The summed E-state index contributed by atoms with van der Waals surface area (Å²) in [7, 11) is -1.54. The molecule has 110 valence electrons. The van der Waals surface area contributed by atoms with Crippen LogP contribution in [0.1, 0.15) is 0 Å². The molecule has 0 aliphatic carbocycles. The fourth-order valence-corrected chi connectivity index (χ4v) is 2.85. The zero-order valence-corrected chi connectivity index (χ0v) is 12.4. The topological polar surface area (TPSA) is 72.2 Å². The minimum Gasteiger partial charge on any atom is -0.397 e. The molecule has 2 rings (SSSR count). The van der Waals surface area contributed by atoms with Crippen LogP contribution in [-0.4, -0.2) is 15.9 Å². The molecule has 0 heterocycles. The standard InChI is InChI=1S/C14H12ClFN2O2S/c15-9-2-1-3-11(6-9)21(20)8-14(19)18-13-7-10(16)4-5-12(13)17/h1-7H,8,17H2,(H,18,19). The summed E-state index contributed by atoms with van der Waals surface area (Å²) in [5.74, 6) is -1.31. The second kappa shape index (κ2) is 6.69. The Morgan fingerprint density at radius 1 is 1.29 bits per heavy atom. The van der Waals surface area contributed by atoms with Gasteiger partial charge in [-0.2, -0.15) is 0 Å². The summed E-state index contributed by atoms with van der Waals surface area (Å²) >= 11 is 5.80. The molecule has 0 saturated carbocycles. The van der Waals surface area contributed by atoms with Crippen LogP contribution in [0.2, 0.25) is 5.02 Å². The highest BCUT2D eigenvalue weighted by Gasteiger charge is 2.12. The number of benzene rings is 2. The molecule has 7 heteroatoms. The van der Waals surface area contributed by atoms with Crippen LogP contribution in [0.3, 0.4) is 0 Å². The molecule has 1 atom stereocenters. The van der Waals surface area contributed by atoms with E-state index in [1.54, 1.807) is 18.2 Å². The summed E-state index contributed by atoms with van der Waals surface area (Å²) in [6, 6.07) is 10.1. The number of nitrogens with one attached hydrogen (secondary N) is 1. The molecule has 0 aliphatic heterocycles. The van der Waals surface area contributed by atoms with E-state index in [0.717, 1.165) is 6.07 Å². The predicted octanol–water partition coefficient (Wildman–Crippen LogP) is 2.81. The van der Waals surface area contributed by atoms with Gasteiger partial charge in [-0.3, -0.25) is 9.00 Å². The number of hydrogen-bond acceptors (Lipinski definition) is 3. The summed E-state index contributed by atoms with van der Waals surface area (Å²) in [5, 5.41) is 2.88. The van der Waals surface area contributed by atoms with Gasteiger partial charge in [0, 0.05) is 9.92 Å². The van der Waals surface area contributed by atoms with Crippen LogP contribution >= 0.6 is 11.6 Å². The summed E-state index contributed by atoms with van der Waals surface area (Å²) in [4.78, 5) is 12.3. The lowest BCUT2D eigenvalue weighted by Gasteiger charge is -2.08. The first kappa shape index (κ1) is 15.5. The molecule has 0 aliphatic rings. The van der Waals surface area contributed by atoms with Crippen LogP contribution in [0.4, 0.5) is 15.8 Å². The first-order valence-corrected chi connectivity index (χ1v) is 7.64. The number of hydrogen-bond donors (Lipinski definition) is 2. The molecule has 2 aromatic rings. The van der Waals surface area contributed by atoms with E-state index in [-0.39, 0.29) is 17.1 Å². The normalized spacial score (nSPS) is 11.9. The van der Waals surface area contributed by atoms with Crippen LogP contribution in [-0.2, 0) is 15.6 Å². The largest absolute Gasteiger partial charge is 0.397 e.